The third-order valence-corrected chi connectivity index (χ3v) is 3.04. The molecule has 0 aliphatic carbocycles. The van der Waals surface area contributed by atoms with Crippen molar-refractivity contribution in [3.63, 3.8) is 0 Å². The minimum Gasteiger partial charge on any atom is -0.485 e. The quantitative estimate of drug-likeness (QED) is 0.896. The van der Waals surface area contributed by atoms with Gasteiger partial charge in [-0.15, -0.1) is 0 Å². The van der Waals surface area contributed by atoms with Gasteiger partial charge in [-0.2, -0.15) is 0 Å². The number of ether oxygens (including phenoxy) is 1. The molecule has 0 fully saturated rings. The highest BCUT2D eigenvalue weighted by molar-refractivity contribution is 5.32. The monoisotopic (exact) mass is 291 g/mol. The van der Waals surface area contributed by atoms with Gasteiger partial charge in [0.05, 0.1) is 6.26 Å². The molecule has 0 aliphatic heterocycles. The molecule has 3 nitrogen and oxygen atoms in total. The average molecular weight is 291 g/mol. The summed E-state index contributed by atoms with van der Waals surface area (Å²) in [6, 6.07) is 6.45. The molecule has 1 aromatic heterocycles. The van der Waals surface area contributed by atoms with E-state index in [9.17, 15) is 4.39 Å². The number of furan rings is 1. The van der Waals surface area contributed by atoms with Crippen molar-refractivity contribution in [2.24, 2.45) is 0 Å². The molecule has 2 aromatic rings. The standard InChI is InChI=1S/C17H22FNO2/c1-12-7-14(18)5-6-16(12)21-11-15-8-13(10-20-15)9-19-17(2,3)4/h5-8,10,19H,9,11H2,1-4H3. The highest BCUT2D eigenvalue weighted by Gasteiger charge is 2.10. The first-order valence-corrected chi connectivity index (χ1v) is 7.04. The molecule has 1 heterocycles. The van der Waals surface area contributed by atoms with Gasteiger partial charge in [-0.3, -0.25) is 0 Å². The van der Waals surface area contributed by atoms with E-state index >= 15 is 0 Å². The zero-order valence-electron chi connectivity index (χ0n) is 13.0. The first-order chi connectivity index (χ1) is 9.83. The molecular weight excluding hydrogens is 269 g/mol. The second-order valence-corrected chi connectivity index (χ2v) is 6.22. The molecule has 1 aromatic carbocycles. The van der Waals surface area contributed by atoms with Crippen molar-refractivity contribution in [3.05, 3.63) is 53.2 Å². The molecule has 114 valence electrons. The summed E-state index contributed by atoms with van der Waals surface area (Å²) in [6.45, 7) is 9.26. The van der Waals surface area contributed by atoms with E-state index in [4.69, 9.17) is 9.15 Å². The highest BCUT2D eigenvalue weighted by Crippen LogP contribution is 2.20. The Kier molecular flexibility index (Phi) is 4.68. The fourth-order valence-electron chi connectivity index (χ4n) is 1.89. The van der Waals surface area contributed by atoms with Crippen molar-refractivity contribution >= 4 is 0 Å². The maximum absolute atomic E-state index is 13.0. The van der Waals surface area contributed by atoms with Crippen LogP contribution in [0.1, 0.15) is 37.7 Å². The highest BCUT2D eigenvalue weighted by atomic mass is 19.1. The Morgan fingerprint density at radius 1 is 1.24 bits per heavy atom. The molecule has 0 saturated heterocycles. The van der Waals surface area contributed by atoms with Gasteiger partial charge < -0.3 is 14.5 Å². The van der Waals surface area contributed by atoms with Crippen molar-refractivity contribution in [1.82, 2.24) is 5.32 Å². The summed E-state index contributed by atoms with van der Waals surface area (Å²) in [6.07, 6.45) is 1.73. The second-order valence-electron chi connectivity index (χ2n) is 6.22. The van der Waals surface area contributed by atoms with Gasteiger partial charge in [-0.05, 0) is 57.5 Å². The van der Waals surface area contributed by atoms with Crippen LogP contribution < -0.4 is 10.1 Å². The van der Waals surface area contributed by atoms with Crippen LogP contribution in [0.2, 0.25) is 0 Å². The number of hydrogen-bond donors (Lipinski definition) is 1. The molecule has 0 spiro atoms. The van der Waals surface area contributed by atoms with Crippen LogP contribution >= 0.6 is 0 Å². The Hall–Kier alpha value is -1.81. The lowest BCUT2D eigenvalue weighted by Gasteiger charge is -2.19. The third kappa shape index (κ3) is 4.90. The van der Waals surface area contributed by atoms with Gasteiger partial charge in [-0.25, -0.2) is 4.39 Å². The molecule has 1 N–H and O–H groups in total. The van der Waals surface area contributed by atoms with E-state index in [0.717, 1.165) is 23.4 Å². The lowest BCUT2D eigenvalue weighted by molar-refractivity contribution is 0.268. The van der Waals surface area contributed by atoms with Crippen LogP contribution in [0, 0.1) is 12.7 Å². The van der Waals surface area contributed by atoms with Gasteiger partial charge in [0.2, 0.25) is 0 Å². The largest absolute Gasteiger partial charge is 0.485 e. The number of hydrogen-bond acceptors (Lipinski definition) is 3. The normalized spacial score (nSPS) is 11.7. The van der Waals surface area contributed by atoms with E-state index in [2.05, 4.69) is 26.1 Å². The van der Waals surface area contributed by atoms with Crippen LogP contribution in [0.3, 0.4) is 0 Å². The van der Waals surface area contributed by atoms with Gasteiger partial charge in [0.1, 0.15) is 23.9 Å². The maximum atomic E-state index is 13.0. The smallest absolute Gasteiger partial charge is 0.146 e. The first kappa shape index (κ1) is 15.6. The average Bonchev–Trinajstić information content (AvgIpc) is 2.82. The van der Waals surface area contributed by atoms with E-state index in [1.54, 1.807) is 12.3 Å². The molecule has 0 bridgehead atoms. The summed E-state index contributed by atoms with van der Waals surface area (Å²) in [5, 5.41) is 3.40. The van der Waals surface area contributed by atoms with Crippen LogP contribution in [-0.4, -0.2) is 5.54 Å². The molecule has 0 aliphatic rings. The summed E-state index contributed by atoms with van der Waals surface area (Å²) >= 11 is 0. The summed E-state index contributed by atoms with van der Waals surface area (Å²) in [4.78, 5) is 0. The van der Waals surface area contributed by atoms with Crippen LogP contribution in [0.15, 0.2) is 34.9 Å². The van der Waals surface area contributed by atoms with Crippen LogP contribution in [0.4, 0.5) is 4.39 Å². The molecule has 0 radical (unpaired) electrons. The first-order valence-electron chi connectivity index (χ1n) is 7.04. The Labute approximate surface area is 125 Å². The fraction of sp³-hybridized carbons (Fsp3) is 0.412. The van der Waals surface area contributed by atoms with E-state index in [0.29, 0.717) is 12.4 Å². The predicted octanol–water partition coefficient (Wildman–Crippen LogP) is 4.19. The molecule has 0 unspecified atom stereocenters. The van der Waals surface area contributed by atoms with Crippen LogP contribution in [0.25, 0.3) is 0 Å². The van der Waals surface area contributed by atoms with Gasteiger partial charge in [0.15, 0.2) is 0 Å². The predicted molar refractivity (Wildman–Crippen MR) is 80.8 cm³/mol. The molecular formula is C17H22FNO2. The number of aryl methyl sites for hydroxylation is 1. The third-order valence-electron chi connectivity index (χ3n) is 3.04. The van der Waals surface area contributed by atoms with E-state index in [1.165, 1.54) is 12.1 Å². The lowest BCUT2D eigenvalue weighted by atomic mass is 10.1. The second kappa shape index (κ2) is 6.31. The number of nitrogens with one attached hydrogen (secondary N) is 1. The lowest BCUT2D eigenvalue weighted by Crippen LogP contribution is -2.34. The molecule has 0 amide bonds. The summed E-state index contributed by atoms with van der Waals surface area (Å²) in [5.74, 6) is 1.17. The van der Waals surface area contributed by atoms with Gasteiger partial charge >= 0.3 is 0 Å². The van der Waals surface area contributed by atoms with Gasteiger partial charge in [-0.1, -0.05) is 0 Å². The van der Waals surface area contributed by atoms with Crippen molar-refractivity contribution in [2.75, 3.05) is 0 Å². The van der Waals surface area contributed by atoms with E-state index in [-0.39, 0.29) is 11.4 Å². The maximum Gasteiger partial charge on any atom is 0.146 e. The molecule has 21 heavy (non-hydrogen) atoms. The van der Waals surface area contributed by atoms with E-state index < -0.39 is 0 Å². The topological polar surface area (TPSA) is 34.4 Å². The minimum absolute atomic E-state index is 0.0686. The van der Waals surface area contributed by atoms with Crippen molar-refractivity contribution in [1.29, 1.82) is 0 Å². The zero-order chi connectivity index (χ0) is 15.5. The Balaban J connectivity index is 1.90. The summed E-state index contributed by atoms with van der Waals surface area (Å²) in [7, 11) is 0. The van der Waals surface area contributed by atoms with Crippen molar-refractivity contribution in [3.8, 4) is 5.75 Å². The molecule has 2 rings (SSSR count). The Morgan fingerprint density at radius 2 is 2.00 bits per heavy atom. The van der Waals surface area contributed by atoms with Gasteiger partial charge in [0.25, 0.3) is 0 Å². The SMILES string of the molecule is Cc1cc(F)ccc1OCc1cc(CNC(C)(C)C)co1. The molecule has 0 atom stereocenters. The Bertz CT molecular complexity index is 599. The summed E-state index contributed by atoms with van der Waals surface area (Å²) in [5.41, 5.74) is 1.93. The molecule has 4 heteroatoms. The van der Waals surface area contributed by atoms with Gasteiger partial charge in [0, 0.05) is 17.6 Å². The minimum atomic E-state index is -0.256. The van der Waals surface area contributed by atoms with Crippen LogP contribution in [-0.2, 0) is 13.2 Å². The van der Waals surface area contributed by atoms with Crippen LogP contribution in [0.5, 0.6) is 5.75 Å². The number of halogens is 1. The van der Waals surface area contributed by atoms with E-state index in [1.807, 2.05) is 13.0 Å². The Morgan fingerprint density at radius 3 is 2.67 bits per heavy atom. The van der Waals surface area contributed by atoms with Crippen molar-refractivity contribution in [2.45, 2.75) is 46.4 Å². The number of benzene rings is 1. The molecule has 0 saturated carbocycles. The summed E-state index contributed by atoms with van der Waals surface area (Å²) < 4.78 is 24.1. The number of rotatable bonds is 5. The zero-order valence-corrected chi connectivity index (χ0v) is 13.0. The fourth-order valence-corrected chi connectivity index (χ4v) is 1.89. The van der Waals surface area contributed by atoms with Crippen molar-refractivity contribution < 1.29 is 13.5 Å².